The van der Waals surface area contributed by atoms with Crippen LogP contribution in [-0.4, -0.2) is 35.7 Å². The van der Waals surface area contributed by atoms with Gasteiger partial charge in [-0.15, -0.1) is 0 Å². The lowest BCUT2D eigenvalue weighted by molar-refractivity contribution is 0.0992. The van der Waals surface area contributed by atoms with Crippen molar-refractivity contribution in [3.05, 3.63) is 118 Å². The Hall–Kier alpha value is -3.80. The largest absolute Gasteiger partial charge is 0.307 e. The molecule has 1 N–H and O–H groups in total. The summed E-state index contributed by atoms with van der Waals surface area (Å²) in [5.74, 6) is 0.0183. The number of benzene rings is 3. The number of amides is 1. The van der Waals surface area contributed by atoms with E-state index in [0.29, 0.717) is 27.5 Å². The van der Waals surface area contributed by atoms with E-state index in [1.807, 2.05) is 56.6 Å². The Kier molecular flexibility index (Phi) is 7.70. The zero-order valence-electron chi connectivity index (χ0n) is 19.7. The molecule has 0 spiro atoms. The van der Waals surface area contributed by atoms with Crippen LogP contribution in [0, 0.1) is 0 Å². The second-order valence-corrected chi connectivity index (χ2v) is 8.98. The van der Waals surface area contributed by atoms with Crippen molar-refractivity contribution in [2.75, 3.05) is 19.4 Å². The van der Waals surface area contributed by atoms with Crippen molar-refractivity contribution in [3.8, 4) is 11.1 Å². The van der Waals surface area contributed by atoms with Gasteiger partial charge in [-0.25, -0.2) is 4.98 Å². The van der Waals surface area contributed by atoms with Gasteiger partial charge in [-0.05, 0) is 54.5 Å². The van der Waals surface area contributed by atoms with Crippen LogP contribution in [0.1, 0.15) is 31.8 Å². The molecule has 4 aromatic rings. The molecule has 0 radical (unpaired) electrons. The third kappa shape index (κ3) is 6.21. The van der Waals surface area contributed by atoms with Crippen LogP contribution >= 0.6 is 11.6 Å². The SMILES string of the molecule is CN(C)Cc1ccccc1-c1ccc(C(=O)Cc2ccccc2C(=O)Nc2ccc(Cl)cn2)cc1. The molecule has 0 saturated carbocycles. The Morgan fingerprint density at radius 1 is 0.857 bits per heavy atom. The number of aromatic nitrogens is 1. The van der Waals surface area contributed by atoms with E-state index in [4.69, 9.17) is 11.6 Å². The quantitative estimate of drug-likeness (QED) is 0.306. The maximum absolute atomic E-state index is 13.1. The van der Waals surface area contributed by atoms with Gasteiger partial charge in [0.15, 0.2) is 5.78 Å². The highest BCUT2D eigenvalue weighted by Crippen LogP contribution is 2.25. The van der Waals surface area contributed by atoms with E-state index < -0.39 is 0 Å². The second-order valence-electron chi connectivity index (χ2n) is 8.55. The van der Waals surface area contributed by atoms with E-state index in [-0.39, 0.29) is 18.1 Å². The standard InChI is InChI=1S/C29H26ClN3O2/c1-33(2)19-23-8-4-5-9-25(23)20-11-13-21(14-12-20)27(34)17-22-7-3-6-10-26(22)29(35)32-28-16-15-24(30)18-31-28/h3-16,18H,17,19H2,1-2H3,(H,31,32,35). The van der Waals surface area contributed by atoms with Gasteiger partial charge in [0.2, 0.25) is 0 Å². The molecule has 0 aliphatic rings. The van der Waals surface area contributed by atoms with Crippen molar-refractivity contribution in [1.82, 2.24) is 9.88 Å². The van der Waals surface area contributed by atoms with E-state index in [1.165, 1.54) is 11.8 Å². The van der Waals surface area contributed by atoms with Crippen molar-refractivity contribution in [2.24, 2.45) is 0 Å². The van der Waals surface area contributed by atoms with E-state index in [9.17, 15) is 9.59 Å². The van der Waals surface area contributed by atoms with Gasteiger partial charge in [-0.1, -0.05) is 78.3 Å². The Morgan fingerprint density at radius 3 is 2.23 bits per heavy atom. The Labute approximate surface area is 210 Å². The van der Waals surface area contributed by atoms with Crippen LogP contribution in [0.2, 0.25) is 5.02 Å². The van der Waals surface area contributed by atoms with Crippen molar-refractivity contribution in [1.29, 1.82) is 0 Å². The number of nitrogens with zero attached hydrogens (tertiary/aromatic N) is 2. The number of Topliss-reactive ketones (excluding diaryl/α,β-unsaturated/α-hetero) is 1. The summed E-state index contributed by atoms with van der Waals surface area (Å²) in [7, 11) is 4.09. The Bertz CT molecular complexity index is 1330. The third-order valence-electron chi connectivity index (χ3n) is 5.60. The van der Waals surface area contributed by atoms with Gasteiger partial charge in [0.05, 0.1) is 5.02 Å². The van der Waals surface area contributed by atoms with E-state index in [2.05, 4.69) is 27.3 Å². The van der Waals surface area contributed by atoms with Crippen molar-refractivity contribution < 1.29 is 9.59 Å². The van der Waals surface area contributed by atoms with Crippen molar-refractivity contribution in [3.63, 3.8) is 0 Å². The third-order valence-corrected chi connectivity index (χ3v) is 5.83. The number of nitrogens with one attached hydrogen (secondary N) is 1. The van der Waals surface area contributed by atoms with E-state index in [0.717, 1.165) is 17.7 Å². The van der Waals surface area contributed by atoms with Crippen LogP contribution in [0.4, 0.5) is 5.82 Å². The van der Waals surface area contributed by atoms with Crippen LogP contribution in [0.3, 0.4) is 0 Å². The van der Waals surface area contributed by atoms with Crippen molar-refractivity contribution in [2.45, 2.75) is 13.0 Å². The molecule has 1 aromatic heterocycles. The molecule has 176 valence electrons. The monoisotopic (exact) mass is 483 g/mol. The molecule has 35 heavy (non-hydrogen) atoms. The first-order chi connectivity index (χ1) is 16.9. The fourth-order valence-electron chi connectivity index (χ4n) is 3.92. The van der Waals surface area contributed by atoms with E-state index >= 15 is 0 Å². The van der Waals surface area contributed by atoms with Gasteiger partial charge >= 0.3 is 0 Å². The number of hydrogen-bond donors (Lipinski definition) is 1. The summed E-state index contributed by atoms with van der Waals surface area (Å²) in [6, 6.07) is 26.3. The van der Waals surface area contributed by atoms with Crippen LogP contribution in [0.5, 0.6) is 0 Å². The first-order valence-corrected chi connectivity index (χ1v) is 11.7. The molecule has 0 saturated heterocycles. The molecule has 0 aliphatic heterocycles. The fourth-order valence-corrected chi connectivity index (χ4v) is 4.03. The molecule has 3 aromatic carbocycles. The summed E-state index contributed by atoms with van der Waals surface area (Å²) in [6.07, 6.45) is 1.59. The first-order valence-electron chi connectivity index (χ1n) is 11.3. The summed E-state index contributed by atoms with van der Waals surface area (Å²) < 4.78 is 0. The average molecular weight is 484 g/mol. The molecule has 1 amide bonds. The average Bonchev–Trinajstić information content (AvgIpc) is 2.86. The molecule has 6 heteroatoms. The fraction of sp³-hybridized carbons (Fsp3) is 0.138. The molecule has 0 fully saturated rings. The smallest absolute Gasteiger partial charge is 0.257 e. The Morgan fingerprint density at radius 2 is 1.54 bits per heavy atom. The lowest BCUT2D eigenvalue weighted by Gasteiger charge is -2.14. The Balaban J connectivity index is 1.50. The van der Waals surface area contributed by atoms with Crippen LogP contribution in [0.25, 0.3) is 11.1 Å². The van der Waals surface area contributed by atoms with Gasteiger partial charge < -0.3 is 10.2 Å². The number of anilines is 1. The minimum Gasteiger partial charge on any atom is -0.307 e. The molecule has 0 aliphatic carbocycles. The molecule has 0 unspecified atom stereocenters. The minimum absolute atomic E-state index is 0.0528. The maximum Gasteiger partial charge on any atom is 0.257 e. The zero-order valence-corrected chi connectivity index (χ0v) is 20.4. The summed E-state index contributed by atoms with van der Waals surface area (Å²) in [4.78, 5) is 32.2. The molecule has 5 nitrogen and oxygen atoms in total. The predicted molar refractivity (Wildman–Crippen MR) is 141 cm³/mol. The van der Waals surface area contributed by atoms with Gasteiger partial charge in [-0.3, -0.25) is 9.59 Å². The van der Waals surface area contributed by atoms with Gasteiger partial charge in [0, 0.05) is 30.3 Å². The van der Waals surface area contributed by atoms with Crippen LogP contribution in [-0.2, 0) is 13.0 Å². The van der Waals surface area contributed by atoms with Gasteiger partial charge in [0.25, 0.3) is 5.91 Å². The minimum atomic E-state index is -0.323. The number of rotatable bonds is 8. The van der Waals surface area contributed by atoms with Gasteiger partial charge in [-0.2, -0.15) is 0 Å². The maximum atomic E-state index is 13.1. The molecular weight excluding hydrogens is 458 g/mol. The predicted octanol–water partition coefficient (Wildman–Crippen LogP) is 6.14. The normalized spacial score (nSPS) is 10.9. The second kappa shape index (κ2) is 11.1. The first kappa shape index (κ1) is 24.3. The molecular formula is C29H26ClN3O2. The number of halogens is 1. The molecule has 4 rings (SSSR count). The molecule has 1 heterocycles. The van der Waals surface area contributed by atoms with Crippen molar-refractivity contribution >= 4 is 29.1 Å². The lowest BCUT2D eigenvalue weighted by atomic mass is 9.95. The number of hydrogen-bond acceptors (Lipinski definition) is 4. The van der Waals surface area contributed by atoms with E-state index in [1.54, 1.807) is 30.3 Å². The topological polar surface area (TPSA) is 62.3 Å². The van der Waals surface area contributed by atoms with Crippen LogP contribution in [0.15, 0.2) is 91.1 Å². The molecule has 0 atom stereocenters. The molecule has 0 bridgehead atoms. The number of pyridine rings is 1. The number of ketones is 1. The zero-order chi connectivity index (χ0) is 24.8. The van der Waals surface area contributed by atoms with Crippen LogP contribution < -0.4 is 5.32 Å². The lowest BCUT2D eigenvalue weighted by Crippen LogP contribution is -2.16. The highest BCUT2D eigenvalue weighted by molar-refractivity contribution is 6.30. The number of carbonyl (C=O) groups excluding carboxylic acids is 2. The summed E-state index contributed by atoms with van der Waals surface area (Å²) in [5, 5.41) is 3.25. The highest BCUT2D eigenvalue weighted by Gasteiger charge is 2.16. The number of carbonyl (C=O) groups is 2. The van der Waals surface area contributed by atoms with Gasteiger partial charge in [0.1, 0.15) is 5.82 Å². The summed E-state index contributed by atoms with van der Waals surface area (Å²) in [5.41, 5.74) is 5.14. The summed E-state index contributed by atoms with van der Waals surface area (Å²) in [6.45, 7) is 0.835. The summed E-state index contributed by atoms with van der Waals surface area (Å²) >= 11 is 5.86. The highest BCUT2D eigenvalue weighted by atomic mass is 35.5.